The number of hydrogen-bond acceptors (Lipinski definition) is 5. The van der Waals surface area contributed by atoms with E-state index in [-0.39, 0.29) is 11.9 Å². The minimum absolute atomic E-state index is 0.00868. The number of ether oxygens (including phenoxy) is 2. The Bertz CT molecular complexity index is 957. The van der Waals surface area contributed by atoms with E-state index in [0.29, 0.717) is 48.6 Å². The third-order valence-electron chi connectivity index (χ3n) is 4.98. The first-order valence-corrected chi connectivity index (χ1v) is 10.6. The second-order valence-electron chi connectivity index (χ2n) is 8.73. The Morgan fingerprint density at radius 3 is 1.88 bits per heavy atom. The number of likely N-dealkylation sites (tertiary alicyclic amines) is 1. The number of alkyl carbamates (subject to hydrolysis) is 1. The van der Waals surface area contributed by atoms with Crippen molar-refractivity contribution in [2.75, 3.05) is 13.1 Å². The van der Waals surface area contributed by atoms with Crippen LogP contribution in [0.15, 0.2) is 48.5 Å². The predicted octanol–water partition coefficient (Wildman–Crippen LogP) is 3.71. The van der Waals surface area contributed by atoms with Crippen molar-refractivity contribution < 1.29 is 23.9 Å². The molecule has 0 unspecified atom stereocenters. The van der Waals surface area contributed by atoms with E-state index in [1.54, 1.807) is 53.4 Å². The van der Waals surface area contributed by atoms with E-state index in [4.69, 9.17) is 15.2 Å². The zero-order valence-electron chi connectivity index (χ0n) is 18.6. The summed E-state index contributed by atoms with van der Waals surface area (Å²) in [6.07, 6.45) is 0.920. The van der Waals surface area contributed by atoms with Crippen LogP contribution >= 0.6 is 0 Å². The molecule has 8 heteroatoms. The first-order valence-electron chi connectivity index (χ1n) is 10.6. The lowest BCUT2D eigenvalue weighted by molar-refractivity contribution is 0.0473. The molecule has 170 valence electrons. The maximum absolute atomic E-state index is 12.8. The lowest BCUT2D eigenvalue weighted by Gasteiger charge is -2.33. The average Bonchev–Trinajstić information content (AvgIpc) is 2.73. The number of carbonyl (C=O) groups excluding carboxylic acids is 3. The summed E-state index contributed by atoms with van der Waals surface area (Å²) in [5, 5.41) is 2.87. The quantitative estimate of drug-likeness (QED) is 0.738. The van der Waals surface area contributed by atoms with E-state index in [0.717, 1.165) is 0 Å². The predicted molar refractivity (Wildman–Crippen MR) is 120 cm³/mol. The lowest BCUT2D eigenvalue weighted by Crippen LogP contribution is -2.47. The molecule has 0 radical (unpaired) electrons. The number of carbonyl (C=O) groups is 3. The molecule has 1 aliphatic heterocycles. The molecule has 32 heavy (non-hydrogen) atoms. The van der Waals surface area contributed by atoms with Crippen LogP contribution in [-0.4, -0.2) is 47.5 Å². The molecule has 1 fully saturated rings. The molecule has 1 heterocycles. The fraction of sp³-hybridized carbons (Fsp3) is 0.375. The van der Waals surface area contributed by atoms with Crippen LogP contribution in [-0.2, 0) is 4.74 Å². The fourth-order valence-electron chi connectivity index (χ4n) is 3.37. The van der Waals surface area contributed by atoms with Gasteiger partial charge in [0, 0.05) is 30.3 Å². The molecule has 3 rings (SSSR count). The Morgan fingerprint density at radius 1 is 0.906 bits per heavy atom. The third kappa shape index (κ3) is 6.47. The van der Waals surface area contributed by atoms with Crippen LogP contribution in [0, 0.1) is 0 Å². The number of nitrogens with two attached hydrogens (primary N) is 1. The Morgan fingerprint density at radius 2 is 1.41 bits per heavy atom. The molecule has 0 atom stereocenters. The number of hydrogen-bond donors (Lipinski definition) is 2. The lowest BCUT2D eigenvalue weighted by atomic mass is 10.0. The Balaban J connectivity index is 1.50. The molecule has 2 aromatic carbocycles. The van der Waals surface area contributed by atoms with Crippen LogP contribution < -0.4 is 15.8 Å². The van der Waals surface area contributed by atoms with E-state index in [1.807, 2.05) is 20.8 Å². The van der Waals surface area contributed by atoms with Gasteiger partial charge in [0.15, 0.2) is 0 Å². The van der Waals surface area contributed by atoms with Crippen LogP contribution in [0.2, 0.25) is 0 Å². The van der Waals surface area contributed by atoms with Gasteiger partial charge in [-0.05, 0) is 82.1 Å². The Kier molecular flexibility index (Phi) is 7.02. The van der Waals surface area contributed by atoms with Crippen molar-refractivity contribution in [1.29, 1.82) is 0 Å². The van der Waals surface area contributed by atoms with Crippen molar-refractivity contribution in [1.82, 2.24) is 10.2 Å². The van der Waals surface area contributed by atoms with E-state index >= 15 is 0 Å². The van der Waals surface area contributed by atoms with Crippen LogP contribution in [0.1, 0.15) is 54.3 Å². The van der Waals surface area contributed by atoms with Gasteiger partial charge in [0.25, 0.3) is 5.91 Å². The molecule has 3 N–H and O–H groups in total. The average molecular weight is 440 g/mol. The molecule has 2 aromatic rings. The van der Waals surface area contributed by atoms with Crippen molar-refractivity contribution in [3.05, 3.63) is 59.7 Å². The molecule has 0 spiro atoms. The topological polar surface area (TPSA) is 111 Å². The number of piperidine rings is 1. The van der Waals surface area contributed by atoms with Crippen LogP contribution in [0.3, 0.4) is 0 Å². The van der Waals surface area contributed by atoms with Crippen LogP contribution in [0.25, 0.3) is 0 Å². The van der Waals surface area contributed by atoms with Crippen molar-refractivity contribution in [3.8, 4) is 11.5 Å². The monoisotopic (exact) mass is 439 g/mol. The summed E-state index contributed by atoms with van der Waals surface area (Å²) in [5.41, 5.74) is 5.67. The van der Waals surface area contributed by atoms with Gasteiger partial charge in [-0.15, -0.1) is 0 Å². The second-order valence-corrected chi connectivity index (χ2v) is 8.73. The van der Waals surface area contributed by atoms with Crippen molar-refractivity contribution in [2.45, 2.75) is 45.3 Å². The fourth-order valence-corrected chi connectivity index (χ4v) is 3.37. The summed E-state index contributed by atoms with van der Waals surface area (Å²) in [7, 11) is 0. The number of rotatable bonds is 5. The normalized spacial score (nSPS) is 14.5. The van der Waals surface area contributed by atoms with Gasteiger partial charge in [0.2, 0.25) is 5.91 Å². The summed E-state index contributed by atoms with van der Waals surface area (Å²) in [6.45, 7) is 6.59. The van der Waals surface area contributed by atoms with E-state index < -0.39 is 17.6 Å². The molecule has 0 bridgehead atoms. The minimum atomic E-state index is -0.538. The molecule has 0 aromatic heterocycles. The smallest absolute Gasteiger partial charge is 0.407 e. The Hall–Kier alpha value is -3.55. The molecule has 0 aliphatic carbocycles. The summed E-state index contributed by atoms with van der Waals surface area (Å²) in [4.78, 5) is 37.7. The Labute approximate surface area is 187 Å². The minimum Gasteiger partial charge on any atom is -0.457 e. The molecular weight excluding hydrogens is 410 g/mol. The third-order valence-corrected chi connectivity index (χ3v) is 4.98. The molecule has 3 amide bonds. The highest BCUT2D eigenvalue weighted by molar-refractivity contribution is 5.94. The number of nitrogens with zero attached hydrogens (tertiary/aromatic N) is 1. The van der Waals surface area contributed by atoms with Gasteiger partial charge in [-0.1, -0.05) is 0 Å². The largest absolute Gasteiger partial charge is 0.457 e. The van der Waals surface area contributed by atoms with Gasteiger partial charge < -0.3 is 25.4 Å². The molecule has 1 saturated heterocycles. The zero-order valence-corrected chi connectivity index (χ0v) is 18.6. The van der Waals surface area contributed by atoms with Gasteiger partial charge in [0.1, 0.15) is 17.1 Å². The highest BCUT2D eigenvalue weighted by atomic mass is 16.6. The maximum atomic E-state index is 12.8. The van der Waals surface area contributed by atoms with Gasteiger partial charge in [0.05, 0.1) is 0 Å². The van der Waals surface area contributed by atoms with Crippen molar-refractivity contribution >= 4 is 17.9 Å². The molecule has 1 aliphatic rings. The number of nitrogens with one attached hydrogen (secondary N) is 1. The summed E-state index contributed by atoms with van der Waals surface area (Å²) in [5.74, 6) is 0.587. The zero-order chi connectivity index (χ0) is 23.3. The maximum Gasteiger partial charge on any atom is 0.407 e. The first kappa shape index (κ1) is 23.1. The van der Waals surface area contributed by atoms with Crippen LogP contribution in [0.4, 0.5) is 4.79 Å². The molecular formula is C24H29N3O5. The van der Waals surface area contributed by atoms with E-state index in [9.17, 15) is 14.4 Å². The summed E-state index contributed by atoms with van der Waals surface area (Å²) < 4.78 is 11.0. The SMILES string of the molecule is CC(C)(C)OC(=O)NC1CCN(C(=O)c2ccc(Oc3ccc(C(N)=O)cc3)cc2)CC1. The van der Waals surface area contributed by atoms with Gasteiger partial charge in [-0.3, -0.25) is 9.59 Å². The van der Waals surface area contributed by atoms with Gasteiger partial charge in [-0.25, -0.2) is 4.79 Å². The van der Waals surface area contributed by atoms with E-state index in [1.165, 1.54) is 0 Å². The van der Waals surface area contributed by atoms with Crippen molar-refractivity contribution in [3.63, 3.8) is 0 Å². The van der Waals surface area contributed by atoms with Crippen molar-refractivity contribution in [2.24, 2.45) is 5.73 Å². The van der Waals surface area contributed by atoms with E-state index in [2.05, 4.69) is 5.32 Å². The van der Waals surface area contributed by atoms with Crippen LogP contribution in [0.5, 0.6) is 11.5 Å². The molecule has 0 saturated carbocycles. The highest BCUT2D eigenvalue weighted by Gasteiger charge is 2.26. The van der Waals surface area contributed by atoms with Gasteiger partial charge in [-0.2, -0.15) is 0 Å². The second kappa shape index (κ2) is 9.72. The summed E-state index contributed by atoms with van der Waals surface area (Å²) >= 11 is 0. The summed E-state index contributed by atoms with van der Waals surface area (Å²) in [6, 6.07) is 13.4. The number of primary amides is 1. The highest BCUT2D eigenvalue weighted by Crippen LogP contribution is 2.23. The standard InChI is InChI=1S/C24H29N3O5/c1-24(2,3)32-23(30)26-18-12-14-27(15-13-18)22(29)17-6-10-20(11-7-17)31-19-8-4-16(5-9-19)21(25)28/h4-11,18H,12-15H2,1-3H3,(H2,25,28)(H,26,30). The number of amides is 3. The van der Waals surface area contributed by atoms with Gasteiger partial charge >= 0.3 is 6.09 Å². The number of benzene rings is 2. The first-order chi connectivity index (χ1) is 15.1. The molecule has 8 nitrogen and oxygen atoms in total.